The molecule has 0 aromatic heterocycles. The van der Waals surface area contributed by atoms with Gasteiger partial charge in [-0.2, -0.15) is 0 Å². The van der Waals surface area contributed by atoms with Crippen molar-refractivity contribution in [2.24, 2.45) is 0 Å². The van der Waals surface area contributed by atoms with Crippen LogP contribution in [0.15, 0.2) is 18.2 Å². The molecule has 0 spiro atoms. The third-order valence-corrected chi connectivity index (χ3v) is 2.77. The van der Waals surface area contributed by atoms with E-state index in [9.17, 15) is 12.8 Å². The Morgan fingerprint density at radius 3 is 2.53 bits per heavy atom. The van der Waals surface area contributed by atoms with Gasteiger partial charge in [-0.1, -0.05) is 18.2 Å². The van der Waals surface area contributed by atoms with E-state index in [1.165, 1.54) is 19.2 Å². The van der Waals surface area contributed by atoms with Gasteiger partial charge >= 0.3 is 0 Å². The summed E-state index contributed by atoms with van der Waals surface area (Å²) in [5.74, 6) is -1.10. The third kappa shape index (κ3) is 3.77. The Morgan fingerprint density at radius 2 is 2.00 bits per heavy atom. The summed E-state index contributed by atoms with van der Waals surface area (Å²) in [6, 6.07) is 4.48. The van der Waals surface area contributed by atoms with Crippen LogP contribution in [0.25, 0.3) is 0 Å². The van der Waals surface area contributed by atoms with Gasteiger partial charge in [0.25, 0.3) is 0 Å². The third-order valence-electron chi connectivity index (χ3n) is 1.79. The Bertz CT molecular complexity index is 445. The van der Waals surface area contributed by atoms with E-state index in [4.69, 9.17) is 15.4 Å². The number of hydrogen-bond acceptors (Lipinski definition) is 3. The summed E-state index contributed by atoms with van der Waals surface area (Å²) in [4.78, 5) is 0. The summed E-state index contributed by atoms with van der Waals surface area (Å²) >= 11 is 0. The molecule has 1 aromatic rings. The molecule has 0 radical (unpaired) electrons. The summed E-state index contributed by atoms with van der Waals surface area (Å²) in [6.45, 7) is 0.0992. The number of ether oxygens (including phenoxy) is 1. The molecule has 6 heteroatoms. The van der Waals surface area contributed by atoms with Crippen molar-refractivity contribution in [2.45, 2.75) is 12.4 Å². The molecule has 15 heavy (non-hydrogen) atoms. The van der Waals surface area contributed by atoms with Crippen molar-refractivity contribution < 1.29 is 17.5 Å². The molecule has 0 aliphatic rings. The van der Waals surface area contributed by atoms with Crippen molar-refractivity contribution >= 4 is 19.7 Å². The van der Waals surface area contributed by atoms with Crippen LogP contribution >= 0.6 is 10.7 Å². The van der Waals surface area contributed by atoms with Crippen molar-refractivity contribution in [3.05, 3.63) is 35.1 Å². The minimum absolute atomic E-state index is 0.0551. The zero-order chi connectivity index (χ0) is 11.5. The molecular weight excluding hydrogens is 243 g/mol. The number of halogens is 2. The molecule has 0 saturated heterocycles. The summed E-state index contributed by atoms with van der Waals surface area (Å²) in [5, 5.41) is 0. The fraction of sp³-hybridized carbons (Fsp3) is 0.333. The monoisotopic (exact) mass is 252 g/mol. The highest BCUT2D eigenvalue weighted by molar-refractivity contribution is 8.13. The van der Waals surface area contributed by atoms with Crippen LogP contribution in [-0.2, 0) is 26.1 Å². The number of hydrogen-bond donors (Lipinski definition) is 0. The van der Waals surface area contributed by atoms with Gasteiger partial charge in [-0.3, -0.25) is 0 Å². The predicted molar refractivity (Wildman–Crippen MR) is 55.6 cm³/mol. The lowest BCUT2D eigenvalue weighted by molar-refractivity contribution is 0.181. The van der Waals surface area contributed by atoms with Crippen LogP contribution in [0.1, 0.15) is 11.1 Å². The van der Waals surface area contributed by atoms with Crippen molar-refractivity contribution in [1.82, 2.24) is 0 Å². The average Bonchev–Trinajstić information content (AvgIpc) is 2.10. The summed E-state index contributed by atoms with van der Waals surface area (Å²) in [5.41, 5.74) is 0.370. The molecule has 3 nitrogen and oxygen atoms in total. The first-order valence-corrected chi connectivity index (χ1v) is 6.59. The van der Waals surface area contributed by atoms with Crippen molar-refractivity contribution in [3.8, 4) is 0 Å². The van der Waals surface area contributed by atoms with Crippen LogP contribution in [0.3, 0.4) is 0 Å². The van der Waals surface area contributed by atoms with Gasteiger partial charge in [-0.25, -0.2) is 12.8 Å². The molecule has 0 aliphatic carbocycles. The fourth-order valence-electron chi connectivity index (χ4n) is 1.20. The largest absolute Gasteiger partial charge is 0.380 e. The quantitative estimate of drug-likeness (QED) is 0.771. The number of benzene rings is 1. The Morgan fingerprint density at radius 1 is 1.40 bits per heavy atom. The van der Waals surface area contributed by atoms with E-state index in [0.717, 1.165) is 0 Å². The van der Waals surface area contributed by atoms with Gasteiger partial charge < -0.3 is 4.74 Å². The molecule has 1 rings (SSSR count). The van der Waals surface area contributed by atoms with Crippen LogP contribution in [0.4, 0.5) is 4.39 Å². The molecule has 0 amide bonds. The van der Waals surface area contributed by atoms with E-state index >= 15 is 0 Å². The Kier molecular flexibility index (Phi) is 4.07. The Hall–Kier alpha value is -0.650. The molecule has 0 heterocycles. The van der Waals surface area contributed by atoms with E-state index in [1.807, 2.05) is 0 Å². The van der Waals surface area contributed by atoms with E-state index in [0.29, 0.717) is 5.56 Å². The molecular formula is C9H10ClFO3S. The standard InChI is InChI=1S/C9H10ClFO3S/c1-14-5-7-3-2-4-8(9(7)11)6-15(10,12)13/h2-4H,5-6H2,1H3. The first kappa shape index (κ1) is 12.4. The molecule has 0 atom stereocenters. The minimum atomic E-state index is -3.74. The zero-order valence-electron chi connectivity index (χ0n) is 8.04. The second kappa shape index (κ2) is 4.92. The highest BCUT2D eigenvalue weighted by Gasteiger charge is 2.13. The van der Waals surface area contributed by atoms with Crippen LogP contribution in [-0.4, -0.2) is 15.5 Å². The van der Waals surface area contributed by atoms with Gasteiger partial charge in [0.15, 0.2) is 0 Å². The van der Waals surface area contributed by atoms with Crippen molar-refractivity contribution in [2.75, 3.05) is 7.11 Å². The van der Waals surface area contributed by atoms with E-state index in [-0.39, 0.29) is 12.2 Å². The molecule has 0 bridgehead atoms. The van der Waals surface area contributed by atoms with Crippen molar-refractivity contribution in [3.63, 3.8) is 0 Å². The second-order valence-electron chi connectivity index (χ2n) is 3.01. The summed E-state index contributed by atoms with van der Waals surface area (Å²) in [6.07, 6.45) is 0. The normalized spacial score (nSPS) is 11.7. The second-order valence-corrected chi connectivity index (χ2v) is 5.78. The first-order chi connectivity index (χ1) is 6.94. The molecule has 0 unspecified atom stereocenters. The first-order valence-electron chi connectivity index (χ1n) is 4.11. The fourth-order valence-corrected chi connectivity index (χ4v) is 2.14. The van der Waals surface area contributed by atoms with Gasteiger partial charge in [0.05, 0.1) is 12.4 Å². The average molecular weight is 253 g/mol. The number of rotatable bonds is 4. The zero-order valence-corrected chi connectivity index (χ0v) is 9.61. The SMILES string of the molecule is COCc1cccc(CS(=O)(=O)Cl)c1F. The maximum atomic E-state index is 13.6. The Balaban J connectivity index is 3.04. The lowest BCUT2D eigenvalue weighted by Gasteiger charge is -2.05. The minimum Gasteiger partial charge on any atom is -0.380 e. The topological polar surface area (TPSA) is 43.4 Å². The summed E-state index contributed by atoms with van der Waals surface area (Å²) in [7, 11) is 2.74. The maximum Gasteiger partial charge on any atom is 0.236 e. The lowest BCUT2D eigenvalue weighted by atomic mass is 10.1. The molecule has 0 saturated carbocycles. The summed E-state index contributed by atoms with van der Waals surface area (Å²) < 4.78 is 39.9. The molecule has 84 valence electrons. The highest BCUT2D eigenvalue weighted by atomic mass is 35.7. The van der Waals surface area contributed by atoms with Crippen LogP contribution in [0, 0.1) is 5.82 Å². The van der Waals surface area contributed by atoms with Gasteiger partial charge in [0.1, 0.15) is 5.82 Å². The van der Waals surface area contributed by atoms with Crippen LogP contribution in [0.5, 0.6) is 0 Å². The van der Waals surface area contributed by atoms with E-state index in [2.05, 4.69) is 0 Å². The van der Waals surface area contributed by atoms with Gasteiger partial charge in [0, 0.05) is 28.9 Å². The molecule has 0 aliphatic heterocycles. The molecule has 1 aromatic carbocycles. The smallest absolute Gasteiger partial charge is 0.236 e. The van der Waals surface area contributed by atoms with Crippen LogP contribution in [0.2, 0.25) is 0 Å². The van der Waals surface area contributed by atoms with Gasteiger partial charge in [-0.05, 0) is 0 Å². The van der Waals surface area contributed by atoms with Gasteiger partial charge in [-0.15, -0.1) is 0 Å². The highest BCUT2D eigenvalue weighted by Crippen LogP contribution is 2.17. The van der Waals surface area contributed by atoms with Gasteiger partial charge in [0.2, 0.25) is 9.05 Å². The number of methoxy groups -OCH3 is 1. The maximum absolute atomic E-state index is 13.6. The van der Waals surface area contributed by atoms with E-state index in [1.54, 1.807) is 6.07 Å². The Labute approximate surface area is 92.2 Å². The van der Waals surface area contributed by atoms with E-state index < -0.39 is 20.6 Å². The van der Waals surface area contributed by atoms with Crippen molar-refractivity contribution in [1.29, 1.82) is 0 Å². The molecule has 0 N–H and O–H groups in total. The predicted octanol–water partition coefficient (Wildman–Crippen LogP) is 2.04. The lowest BCUT2D eigenvalue weighted by Crippen LogP contribution is -2.02. The molecule has 0 fully saturated rings. The van der Waals surface area contributed by atoms with Crippen LogP contribution < -0.4 is 0 Å².